The maximum Gasteiger partial charge on any atom is 0.321 e. The van der Waals surface area contributed by atoms with Crippen LogP contribution in [0.4, 0.5) is 16.4 Å². The molecule has 2 N–H and O–H groups in total. The van der Waals surface area contributed by atoms with E-state index in [4.69, 9.17) is 4.98 Å². The summed E-state index contributed by atoms with van der Waals surface area (Å²) in [6.45, 7) is 3.51. The summed E-state index contributed by atoms with van der Waals surface area (Å²) in [5, 5.41) is 6.08. The van der Waals surface area contributed by atoms with Crippen molar-refractivity contribution >= 4 is 17.7 Å². The van der Waals surface area contributed by atoms with Gasteiger partial charge in [-0.05, 0) is 49.4 Å². The van der Waals surface area contributed by atoms with E-state index in [1.54, 1.807) is 0 Å². The molecule has 1 saturated heterocycles. The first-order chi connectivity index (χ1) is 15.1. The van der Waals surface area contributed by atoms with Crippen LogP contribution in [-0.4, -0.2) is 41.0 Å². The topological polar surface area (TPSA) is 70.2 Å². The van der Waals surface area contributed by atoms with Gasteiger partial charge < -0.3 is 15.5 Å². The first-order valence-electron chi connectivity index (χ1n) is 10.8. The molecule has 1 aromatic heterocycles. The number of hydrogen-bond donors (Lipinski definition) is 2. The Morgan fingerprint density at radius 2 is 1.81 bits per heavy atom. The minimum absolute atomic E-state index is 0.0226. The molecule has 6 nitrogen and oxygen atoms in total. The molecule has 5 rings (SSSR count). The van der Waals surface area contributed by atoms with Crippen LogP contribution >= 0.6 is 0 Å². The average Bonchev–Trinajstić information content (AvgIpc) is 2.81. The number of benzene rings is 2. The summed E-state index contributed by atoms with van der Waals surface area (Å²) < 4.78 is 0. The van der Waals surface area contributed by atoms with Gasteiger partial charge in [0.15, 0.2) is 0 Å². The van der Waals surface area contributed by atoms with Gasteiger partial charge in [-0.15, -0.1) is 0 Å². The van der Waals surface area contributed by atoms with Crippen molar-refractivity contribution in [3.63, 3.8) is 0 Å². The quantitative estimate of drug-likeness (QED) is 0.643. The van der Waals surface area contributed by atoms with E-state index >= 15 is 0 Å². The van der Waals surface area contributed by atoms with E-state index in [9.17, 15) is 4.79 Å². The molecule has 1 aliphatic heterocycles. The molecule has 0 bridgehead atoms. The van der Waals surface area contributed by atoms with Crippen LogP contribution in [0.5, 0.6) is 0 Å². The van der Waals surface area contributed by atoms with Crippen molar-refractivity contribution in [2.45, 2.75) is 31.6 Å². The van der Waals surface area contributed by atoms with Crippen molar-refractivity contribution in [3.05, 3.63) is 71.4 Å². The Bertz CT molecular complexity index is 1120. The molecule has 0 unspecified atom stereocenters. The average molecular weight is 414 g/mol. The second-order valence-electron chi connectivity index (χ2n) is 8.60. The summed E-state index contributed by atoms with van der Waals surface area (Å²) >= 11 is 0. The Balaban J connectivity index is 1.37. The third-order valence-electron chi connectivity index (χ3n) is 6.68. The van der Waals surface area contributed by atoms with Gasteiger partial charge in [-0.25, -0.2) is 14.8 Å². The zero-order valence-corrected chi connectivity index (χ0v) is 18.0. The van der Waals surface area contributed by atoms with E-state index in [-0.39, 0.29) is 11.4 Å². The number of rotatable bonds is 2. The molecule has 2 amide bonds. The zero-order chi connectivity index (χ0) is 21.4. The predicted octanol–water partition coefficient (Wildman–Crippen LogP) is 4.62. The molecular weight excluding hydrogens is 386 g/mol. The number of urea groups is 1. The molecule has 1 fully saturated rings. The molecule has 0 saturated carbocycles. The fourth-order valence-corrected chi connectivity index (χ4v) is 4.93. The van der Waals surface area contributed by atoms with Crippen molar-refractivity contribution in [2.75, 3.05) is 30.8 Å². The van der Waals surface area contributed by atoms with Crippen LogP contribution in [0.2, 0.25) is 0 Å². The van der Waals surface area contributed by atoms with E-state index in [2.05, 4.69) is 39.9 Å². The molecule has 158 valence electrons. The third-order valence-corrected chi connectivity index (χ3v) is 6.68. The number of carbonyl (C=O) groups is 1. The highest BCUT2D eigenvalue weighted by Gasteiger charge is 2.42. The van der Waals surface area contributed by atoms with Gasteiger partial charge in [0.1, 0.15) is 0 Å². The predicted molar refractivity (Wildman–Crippen MR) is 123 cm³/mol. The van der Waals surface area contributed by atoms with Crippen molar-refractivity contribution in [2.24, 2.45) is 0 Å². The number of nitrogens with zero attached hydrogens (tertiary/aromatic N) is 3. The van der Waals surface area contributed by atoms with Crippen molar-refractivity contribution in [1.82, 2.24) is 14.9 Å². The Kier molecular flexibility index (Phi) is 4.85. The van der Waals surface area contributed by atoms with E-state index in [1.807, 2.05) is 49.3 Å². The Morgan fingerprint density at radius 1 is 1.06 bits per heavy atom. The van der Waals surface area contributed by atoms with Crippen LogP contribution in [0.1, 0.15) is 29.5 Å². The van der Waals surface area contributed by atoms with Crippen LogP contribution in [0.25, 0.3) is 11.3 Å². The summed E-state index contributed by atoms with van der Waals surface area (Å²) in [5.41, 5.74) is 6.80. The van der Waals surface area contributed by atoms with Crippen LogP contribution in [-0.2, 0) is 11.8 Å². The maximum atomic E-state index is 12.8. The lowest BCUT2D eigenvalue weighted by atomic mass is 9.64. The number of anilines is 2. The van der Waals surface area contributed by atoms with Gasteiger partial charge in [0.2, 0.25) is 5.95 Å². The Hall–Kier alpha value is -3.41. The van der Waals surface area contributed by atoms with E-state index < -0.39 is 0 Å². The van der Waals surface area contributed by atoms with Crippen LogP contribution in [0.3, 0.4) is 0 Å². The fraction of sp³-hybridized carbons (Fsp3) is 0.320. The van der Waals surface area contributed by atoms with Crippen LogP contribution in [0, 0.1) is 6.92 Å². The maximum absolute atomic E-state index is 12.8. The molecule has 3 aromatic rings. The molecular formula is C25H27N5O. The smallest absolute Gasteiger partial charge is 0.321 e. The number of piperidine rings is 1. The lowest BCUT2D eigenvalue weighted by molar-refractivity contribution is 0.166. The highest BCUT2D eigenvalue weighted by atomic mass is 16.2. The normalized spacial score (nSPS) is 16.4. The number of aromatic nitrogens is 2. The van der Waals surface area contributed by atoms with Crippen molar-refractivity contribution < 1.29 is 4.79 Å². The largest absolute Gasteiger partial charge is 0.357 e. The second kappa shape index (κ2) is 7.69. The summed E-state index contributed by atoms with van der Waals surface area (Å²) in [5.74, 6) is 0.645. The summed E-state index contributed by atoms with van der Waals surface area (Å²) in [4.78, 5) is 24.0. The molecule has 2 aliphatic rings. The SMILES string of the molecule is CNc1ncc2c(n1)-c1ccccc1C1(CCN(C(=O)Nc3ccc(C)cc3)CC1)C2. The monoisotopic (exact) mass is 413 g/mol. The lowest BCUT2D eigenvalue weighted by Crippen LogP contribution is -2.48. The first kappa shape index (κ1) is 19.5. The summed E-state index contributed by atoms with van der Waals surface area (Å²) in [6, 6.07) is 16.5. The fourth-order valence-electron chi connectivity index (χ4n) is 4.93. The lowest BCUT2D eigenvalue weighted by Gasteiger charge is -2.45. The Labute approximate surface area is 182 Å². The molecule has 0 atom stereocenters. The molecule has 2 aromatic carbocycles. The van der Waals surface area contributed by atoms with Gasteiger partial charge in [-0.2, -0.15) is 0 Å². The van der Waals surface area contributed by atoms with Gasteiger partial charge in [0.05, 0.1) is 5.69 Å². The number of nitrogens with one attached hydrogen (secondary N) is 2. The van der Waals surface area contributed by atoms with E-state index in [1.165, 1.54) is 22.3 Å². The third kappa shape index (κ3) is 3.52. The number of aryl methyl sites for hydroxylation is 1. The molecule has 6 heteroatoms. The minimum Gasteiger partial charge on any atom is -0.357 e. The van der Waals surface area contributed by atoms with Gasteiger partial charge in [-0.1, -0.05) is 42.0 Å². The highest BCUT2D eigenvalue weighted by Crippen LogP contribution is 2.47. The van der Waals surface area contributed by atoms with Crippen molar-refractivity contribution in [3.8, 4) is 11.3 Å². The van der Waals surface area contributed by atoms with E-state index in [0.29, 0.717) is 5.95 Å². The van der Waals surface area contributed by atoms with Gasteiger partial charge in [0, 0.05) is 43.0 Å². The van der Waals surface area contributed by atoms with E-state index in [0.717, 1.165) is 43.7 Å². The zero-order valence-electron chi connectivity index (χ0n) is 18.0. The van der Waals surface area contributed by atoms with Gasteiger partial charge in [-0.3, -0.25) is 0 Å². The Morgan fingerprint density at radius 3 is 2.55 bits per heavy atom. The molecule has 31 heavy (non-hydrogen) atoms. The summed E-state index contributed by atoms with van der Waals surface area (Å²) in [7, 11) is 1.84. The van der Waals surface area contributed by atoms with Crippen molar-refractivity contribution in [1.29, 1.82) is 0 Å². The molecule has 1 spiro atoms. The second-order valence-corrected chi connectivity index (χ2v) is 8.60. The number of fused-ring (bicyclic) bond motifs is 4. The van der Waals surface area contributed by atoms with Gasteiger partial charge in [0.25, 0.3) is 0 Å². The highest BCUT2D eigenvalue weighted by molar-refractivity contribution is 5.89. The molecule has 2 heterocycles. The van der Waals surface area contributed by atoms with Crippen LogP contribution in [0.15, 0.2) is 54.7 Å². The number of likely N-dealkylation sites (tertiary alicyclic amines) is 1. The van der Waals surface area contributed by atoms with Crippen LogP contribution < -0.4 is 10.6 Å². The number of hydrogen-bond acceptors (Lipinski definition) is 4. The first-order valence-corrected chi connectivity index (χ1v) is 10.8. The molecule has 0 radical (unpaired) electrons. The number of amides is 2. The molecule has 1 aliphatic carbocycles. The number of carbonyl (C=O) groups excluding carboxylic acids is 1. The summed E-state index contributed by atoms with van der Waals surface area (Å²) in [6.07, 6.45) is 4.73. The minimum atomic E-state index is -0.0230. The van der Waals surface area contributed by atoms with Gasteiger partial charge >= 0.3 is 6.03 Å². The standard InChI is InChI=1S/C25H27N5O/c1-17-7-9-19(10-8-17)28-24(31)30-13-11-25(12-14-30)15-18-16-27-23(26-2)29-22(18)20-5-3-4-6-21(20)25/h3-10,16H,11-15H2,1-2H3,(H,28,31)(H,26,27,29).